The molecule has 5 rings (SSSR count). The molecule has 3 aromatic rings. The number of carbonyl (C=O) groups is 3. The largest absolute Gasteiger partial charge is 0.497 e. The fraction of sp³-hybridized carbons (Fsp3) is 0.192. The Morgan fingerprint density at radius 1 is 0.806 bits per heavy atom. The van der Waals surface area contributed by atoms with Gasteiger partial charge in [0, 0.05) is 23.9 Å². The van der Waals surface area contributed by atoms with Gasteiger partial charge in [0.1, 0.15) is 5.75 Å². The van der Waals surface area contributed by atoms with Crippen molar-refractivity contribution in [2.24, 2.45) is 11.8 Å². The van der Waals surface area contributed by atoms with E-state index in [1.165, 1.54) is 0 Å². The molecule has 3 unspecified atom stereocenters. The van der Waals surface area contributed by atoms with Crippen LogP contribution in [0.5, 0.6) is 5.75 Å². The number of carbonyl (C=O) groups excluding carboxylic acids is 3. The first kappa shape index (κ1) is 19.2. The first-order valence-electron chi connectivity index (χ1n) is 10.2. The average Bonchev–Trinajstić information content (AvgIpc) is 3.48. The van der Waals surface area contributed by atoms with E-state index in [9.17, 15) is 14.4 Å². The van der Waals surface area contributed by atoms with E-state index in [1.54, 1.807) is 67.6 Å². The van der Waals surface area contributed by atoms with Crippen molar-refractivity contribution < 1.29 is 19.1 Å². The van der Waals surface area contributed by atoms with E-state index >= 15 is 0 Å². The van der Waals surface area contributed by atoms with Gasteiger partial charge in [0.25, 0.3) is 0 Å². The normalized spacial score (nSPS) is 23.5. The molecule has 5 nitrogen and oxygen atoms in total. The van der Waals surface area contributed by atoms with E-state index in [0.717, 1.165) is 11.3 Å². The van der Waals surface area contributed by atoms with Gasteiger partial charge in [-0.15, -0.1) is 0 Å². The molecule has 1 fully saturated rings. The molecule has 3 aromatic carbocycles. The molecule has 5 heteroatoms. The van der Waals surface area contributed by atoms with Crippen LogP contribution in [0.1, 0.15) is 26.3 Å². The number of hydrogen-bond donors (Lipinski definition) is 0. The van der Waals surface area contributed by atoms with Gasteiger partial charge in [0.15, 0.2) is 11.6 Å². The molecule has 1 heterocycles. The van der Waals surface area contributed by atoms with E-state index < -0.39 is 17.3 Å². The predicted octanol–water partition coefficient (Wildman–Crippen LogP) is 3.92. The summed E-state index contributed by atoms with van der Waals surface area (Å²) in [7, 11) is 3.26. The molecule has 0 bridgehead atoms. The van der Waals surface area contributed by atoms with Crippen LogP contribution in [0.25, 0.3) is 0 Å². The standard InChI is InChI=1S/C26H21NO4/c1-27-20-11-7-6-10-19(20)26(25(27)30)21(23(28)16-8-4-3-5-9-16)22(26)24(29)17-12-14-18(31-2)15-13-17/h3-15,21-22H,1-2H3. The first-order valence-corrected chi connectivity index (χ1v) is 10.2. The minimum Gasteiger partial charge on any atom is -0.497 e. The Morgan fingerprint density at radius 2 is 1.35 bits per heavy atom. The van der Waals surface area contributed by atoms with Crippen molar-refractivity contribution >= 4 is 23.2 Å². The fourth-order valence-corrected chi connectivity index (χ4v) is 5.04. The maximum absolute atomic E-state index is 13.6. The number of hydrogen-bond acceptors (Lipinski definition) is 4. The second-order valence-electron chi connectivity index (χ2n) is 8.03. The number of Topliss-reactive ketones (excluding diaryl/α,β-unsaturated/α-hetero) is 2. The van der Waals surface area contributed by atoms with Crippen LogP contribution >= 0.6 is 0 Å². The Kier molecular flexibility index (Phi) is 4.29. The molecule has 0 saturated heterocycles. The third-order valence-electron chi connectivity index (χ3n) is 6.57. The molecule has 3 atom stereocenters. The number of likely N-dealkylation sites (N-methyl/N-ethyl adjacent to an activating group) is 1. The zero-order chi connectivity index (χ0) is 21.8. The van der Waals surface area contributed by atoms with Gasteiger partial charge in [-0.3, -0.25) is 14.4 Å². The maximum atomic E-state index is 13.6. The van der Waals surface area contributed by atoms with Crippen LogP contribution < -0.4 is 9.64 Å². The molecule has 1 amide bonds. The van der Waals surface area contributed by atoms with Crippen LogP contribution in [0.2, 0.25) is 0 Å². The molecule has 154 valence electrons. The number of fused-ring (bicyclic) bond motifs is 2. The van der Waals surface area contributed by atoms with Gasteiger partial charge in [0.05, 0.1) is 24.4 Å². The molecule has 31 heavy (non-hydrogen) atoms. The Labute approximate surface area is 180 Å². The summed E-state index contributed by atoms with van der Waals surface area (Å²) in [5, 5.41) is 0. The fourth-order valence-electron chi connectivity index (χ4n) is 5.04. The molecule has 1 aliphatic carbocycles. The number of anilines is 1. The molecule has 2 aliphatic rings. The Balaban J connectivity index is 1.64. The molecular weight excluding hydrogens is 390 g/mol. The number of rotatable bonds is 5. The van der Waals surface area contributed by atoms with Crippen LogP contribution in [0.3, 0.4) is 0 Å². The predicted molar refractivity (Wildman–Crippen MR) is 117 cm³/mol. The monoisotopic (exact) mass is 411 g/mol. The molecule has 1 spiro atoms. The number of para-hydroxylation sites is 1. The summed E-state index contributed by atoms with van der Waals surface area (Å²) in [6.45, 7) is 0. The second-order valence-corrected chi connectivity index (χ2v) is 8.03. The second kappa shape index (κ2) is 6.91. The number of methoxy groups -OCH3 is 1. The van der Waals surface area contributed by atoms with Gasteiger partial charge in [0.2, 0.25) is 5.91 Å². The van der Waals surface area contributed by atoms with Crippen molar-refractivity contribution in [1.29, 1.82) is 0 Å². The lowest BCUT2D eigenvalue weighted by Crippen LogP contribution is -2.32. The van der Waals surface area contributed by atoms with Crippen molar-refractivity contribution in [1.82, 2.24) is 0 Å². The first-order chi connectivity index (χ1) is 15.0. The van der Waals surface area contributed by atoms with Crippen molar-refractivity contribution in [3.63, 3.8) is 0 Å². The van der Waals surface area contributed by atoms with Gasteiger partial charge in [-0.05, 0) is 35.9 Å². The van der Waals surface area contributed by atoms with E-state index in [4.69, 9.17) is 4.74 Å². The van der Waals surface area contributed by atoms with Crippen molar-refractivity contribution in [2.45, 2.75) is 5.41 Å². The highest BCUT2D eigenvalue weighted by molar-refractivity contribution is 6.23. The van der Waals surface area contributed by atoms with E-state index in [1.807, 2.05) is 30.3 Å². The van der Waals surface area contributed by atoms with Gasteiger partial charge in [-0.25, -0.2) is 0 Å². The summed E-state index contributed by atoms with van der Waals surface area (Å²) >= 11 is 0. The SMILES string of the molecule is COc1ccc(C(=O)C2C(C(=O)c3ccccc3)C23C(=O)N(C)c2ccccc23)cc1. The summed E-state index contributed by atoms with van der Waals surface area (Å²) in [5.41, 5.74) is 1.33. The number of nitrogens with zero attached hydrogens (tertiary/aromatic N) is 1. The lowest BCUT2D eigenvalue weighted by Gasteiger charge is -2.11. The molecule has 0 aromatic heterocycles. The van der Waals surface area contributed by atoms with Crippen LogP contribution in [0.15, 0.2) is 78.9 Å². The highest BCUT2D eigenvalue weighted by Crippen LogP contribution is 2.67. The van der Waals surface area contributed by atoms with Crippen molar-refractivity contribution in [3.05, 3.63) is 95.6 Å². The molecule has 1 aliphatic heterocycles. The maximum Gasteiger partial charge on any atom is 0.239 e. The highest BCUT2D eigenvalue weighted by atomic mass is 16.5. The third kappa shape index (κ3) is 2.59. The summed E-state index contributed by atoms with van der Waals surface area (Å²) in [4.78, 5) is 42.3. The Morgan fingerprint density at radius 3 is 1.97 bits per heavy atom. The lowest BCUT2D eigenvalue weighted by molar-refractivity contribution is -0.120. The summed E-state index contributed by atoms with van der Waals surface area (Å²) in [6.07, 6.45) is 0. The van der Waals surface area contributed by atoms with Crippen LogP contribution in [-0.2, 0) is 10.2 Å². The zero-order valence-electron chi connectivity index (χ0n) is 17.2. The Hall–Kier alpha value is -3.73. The summed E-state index contributed by atoms with van der Waals surface area (Å²) in [5.74, 6) is -1.41. The van der Waals surface area contributed by atoms with E-state index in [2.05, 4.69) is 0 Å². The molecule has 0 N–H and O–H groups in total. The smallest absolute Gasteiger partial charge is 0.239 e. The average molecular weight is 411 g/mol. The number of ether oxygens (including phenoxy) is 1. The van der Waals surface area contributed by atoms with Gasteiger partial charge < -0.3 is 9.64 Å². The van der Waals surface area contributed by atoms with Crippen molar-refractivity contribution in [2.75, 3.05) is 19.1 Å². The minimum absolute atomic E-state index is 0.175. The highest BCUT2D eigenvalue weighted by Gasteiger charge is 2.78. The molecule has 1 saturated carbocycles. The van der Waals surface area contributed by atoms with E-state index in [-0.39, 0.29) is 17.5 Å². The summed E-state index contributed by atoms with van der Waals surface area (Å²) < 4.78 is 5.19. The van der Waals surface area contributed by atoms with Gasteiger partial charge in [-0.1, -0.05) is 48.5 Å². The number of amides is 1. The topological polar surface area (TPSA) is 63.7 Å². The quantitative estimate of drug-likeness (QED) is 0.597. The van der Waals surface area contributed by atoms with E-state index in [0.29, 0.717) is 16.9 Å². The Bertz CT molecular complexity index is 1200. The molecular formula is C26H21NO4. The lowest BCUT2D eigenvalue weighted by atomic mass is 9.90. The number of benzene rings is 3. The van der Waals surface area contributed by atoms with Gasteiger partial charge in [-0.2, -0.15) is 0 Å². The summed E-state index contributed by atoms with van der Waals surface area (Å²) in [6, 6.07) is 23.1. The third-order valence-corrected chi connectivity index (χ3v) is 6.57. The van der Waals surface area contributed by atoms with Crippen LogP contribution in [0, 0.1) is 11.8 Å². The van der Waals surface area contributed by atoms with Gasteiger partial charge >= 0.3 is 0 Å². The molecule has 0 radical (unpaired) electrons. The van der Waals surface area contributed by atoms with Crippen LogP contribution in [-0.4, -0.2) is 31.6 Å². The zero-order valence-corrected chi connectivity index (χ0v) is 17.2. The van der Waals surface area contributed by atoms with Crippen LogP contribution in [0.4, 0.5) is 5.69 Å². The minimum atomic E-state index is -1.16. The number of ketones is 2. The van der Waals surface area contributed by atoms with Crippen molar-refractivity contribution in [3.8, 4) is 5.75 Å².